The minimum Gasteiger partial charge on any atom is -0.454 e. The first kappa shape index (κ1) is 19.5. The van der Waals surface area contributed by atoms with Gasteiger partial charge in [-0.25, -0.2) is 9.18 Å². The van der Waals surface area contributed by atoms with E-state index in [9.17, 15) is 24.1 Å². The fourth-order valence-electron chi connectivity index (χ4n) is 3.13. The Kier molecular flexibility index (Phi) is 5.98. The first-order valence-electron chi connectivity index (χ1n) is 8.95. The number of nitro groups is 1. The number of nitro benzene ring substituents is 1. The lowest BCUT2D eigenvalue weighted by Crippen LogP contribution is -2.30. The molecule has 0 N–H and O–H groups in total. The summed E-state index contributed by atoms with van der Waals surface area (Å²) in [7, 11) is 0. The topological polar surface area (TPSA) is 89.8 Å². The molecule has 2 aromatic carbocycles. The van der Waals surface area contributed by atoms with Gasteiger partial charge in [0.25, 0.3) is 5.69 Å². The largest absolute Gasteiger partial charge is 0.454 e. The normalized spacial score (nSPS) is 13.8. The SMILES string of the molecule is O=C(COC(=O)c1ccc(N2CCCCC2)c([N+](=O)[O-])c1)c1ccc(F)cc1. The fourth-order valence-corrected chi connectivity index (χ4v) is 3.13. The van der Waals surface area contributed by atoms with Gasteiger partial charge in [0.2, 0.25) is 0 Å². The Hall–Kier alpha value is -3.29. The Labute approximate surface area is 160 Å². The van der Waals surface area contributed by atoms with E-state index in [4.69, 9.17) is 4.74 Å². The van der Waals surface area contributed by atoms with Crippen molar-refractivity contribution < 1.29 is 23.6 Å². The Morgan fingerprint density at radius 3 is 2.32 bits per heavy atom. The van der Waals surface area contributed by atoms with Crippen LogP contribution in [0.1, 0.15) is 40.0 Å². The third-order valence-electron chi connectivity index (χ3n) is 4.61. The van der Waals surface area contributed by atoms with E-state index in [1.807, 2.05) is 4.90 Å². The number of carbonyl (C=O) groups is 2. The third-order valence-corrected chi connectivity index (χ3v) is 4.61. The van der Waals surface area contributed by atoms with Crippen LogP contribution in [-0.2, 0) is 4.74 Å². The Morgan fingerprint density at radius 1 is 1.04 bits per heavy atom. The van der Waals surface area contributed by atoms with Crippen molar-refractivity contribution in [1.29, 1.82) is 0 Å². The lowest BCUT2D eigenvalue weighted by atomic mass is 10.1. The predicted octanol–water partition coefficient (Wildman–Crippen LogP) is 3.76. The van der Waals surface area contributed by atoms with E-state index in [1.165, 1.54) is 24.3 Å². The minimum absolute atomic E-state index is 0.000587. The number of ketones is 1. The third kappa shape index (κ3) is 4.51. The average molecular weight is 386 g/mol. The first-order valence-corrected chi connectivity index (χ1v) is 8.95. The van der Waals surface area contributed by atoms with Gasteiger partial charge in [-0.15, -0.1) is 0 Å². The molecule has 1 aliphatic heterocycles. The van der Waals surface area contributed by atoms with Crippen LogP contribution in [0.25, 0.3) is 0 Å². The summed E-state index contributed by atoms with van der Waals surface area (Å²) in [5, 5.41) is 11.5. The van der Waals surface area contributed by atoms with E-state index >= 15 is 0 Å². The molecule has 28 heavy (non-hydrogen) atoms. The van der Waals surface area contributed by atoms with Crippen LogP contribution in [0.5, 0.6) is 0 Å². The van der Waals surface area contributed by atoms with Crippen molar-refractivity contribution in [2.24, 2.45) is 0 Å². The zero-order chi connectivity index (χ0) is 20.1. The molecule has 0 saturated carbocycles. The highest BCUT2D eigenvalue weighted by Gasteiger charge is 2.24. The van der Waals surface area contributed by atoms with Crippen molar-refractivity contribution >= 4 is 23.1 Å². The zero-order valence-corrected chi connectivity index (χ0v) is 15.1. The van der Waals surface area contributed by atoms with E-state index in [-0.39, 0.29) is 16.8 Å². The molecule has 2 aromatic rings. The molecule has 0 amide bonds. The molecule has 8 heteroatoms. The number of Topliss-reactive ketones (excluding diaryl/α,β-unsaturated/α-hetero) is 1. The number of piperidine rings is 1. The van der Waals surface area contributed by atoms with E-state index in [0.717, 1.165) is 44.5 Å². The minimum atomic E-state index is -0.830. The maximum Gasteiger partial charge on any atom is 0.338 e. The number of hydrogen-bond acceptors (Lipinski definition) is 6. The molecule has 7 nitrogen and oxygen atoms in total. The van der Waals surface area contributed by atoms with Gasteiger partial charge in [0.15, 0.2) is 12.4 Å². The summed E-state index contributed by atoms with van der Waals surface area (Å²) < 4.78 is 17.9. The summed E-state index contributed by atoms with van der Waals surface area (Å²) in [4.78, 5) is 37.1. The molecule has 0 atom stereocenters. The lowest BCUT2D eigenvalue weighted by molar-refractivity contribution is -0.384. The Balaban J connectivity index is 1.70. The van der Waals surface area contributed by atoms with Gasteiger partial charge in [-0.05, 0) is 55.7 Å². The fraction of sp³-hybridized carbons (Fsp3) is 0.300. The first-order chi connectivity index (χ1) is 13.5. The Morgan fingerprint density at radius 2 is 1.68 bits per heavy atom. The van der Waals surface area contributed by atoms with Crippen molar-refractivity contribution in [3.63, 3.8) is 0 Å². The second kappa shape index (κ2) is 8.60. The maximum atomic E-state index is 12.9. The second-order valence-corrected chi connectivity index (χ2v) is 6.51. The lowest BCUT2D eigenvalue weighted by Gasteiger charge is -2.28. The summed E-state index contributed by atoms with van der Waals surface area (Å²) in [5.41, 5.74) is 0.518. The smallest absolute Gasteiger partial charge is 0.338 e. The maximum absolute atomic E-state index is 12.9. The van der Waals surface area contributed by atoms with Gasteiger partial charge in [-0.1, -0.05) is 0 Å². The average Bonchev–Trinajstić information content (AvgIpc) is 2.72. The van der Waals surface area contributed by atoms with Crippen LogP contribution in [0.2, 0.25) is 0 Å². The quantitative estimate of drug-likeness (QED) is 0.325. The number of anilines is 1. The molecule has 0 unspecified atom stereocenters. The van der Waals surface area contributed by atoms with Crippen molar-refractivity contribution in [3.05, 3.63) is 69.5 Å². The molecular formula is C20H19FN2O5. The number of esters is 1. The summed E-state index contributed by atoms with van der Waals surface area (Å²) >= 11 is 0. The molecule has 1 aliphatic rings. The Bertz CT molecular complexity index is 892. The molecule has 146 valence electrons. The van der Waals surface area contributed by atoms with Crippen LogP contribution in [-0.4, -0.2) is 36.4 Å². The van der Waals surface area contributed by atoms with Gasteiger partial charge in [0, 0.05) is 24.7 Å². The van der Waals surface area contributed by atoms with Crippen LogP contribution >= 0.6 is 0 Å². The molecular weight excluding hydrogens is 367 g/mol. The van der Waals surface area contributed by atoms with Crippen molar-refractivity contribution in [2.75, 3.05) is 24.6 Å². The highest BCUT2D eigenvalue weighted by molar-refractivity contribution is 5.99. The summed E-state index contributed by atoms with van der Waals surface area (Å²) in [6.07, 6.45) is 3.02. The van der Waals surface area contributed by atoms with Gasteiger partial charge in [0.1, 0.15) is 11.5 Å². The van der Waals surface area contributed by atoms with E-state index < -0.39 is 29.1 Å². The van der Waals surface area contributed by atoms with Crippen LogP contribution in [0.15, 0.2) is 42.5 Å². The number of halogens is 1. The molecule has 0 aliphatic carbocycles. The number of nitrogens with zero attached hydrogens (tertiary/aromatic N) is 2. The molecule has 3 rings (SSSR count). The highest BCUT2D eigenvalue weighted by Crippen LogP contribution is 2.31. The van der Waals surface area contributed by atoms with Gasteiger partial charge in [0.05, 0.1) is 10.5 Å². The molecule has 1 saturated heterocycles. The molecule has 0 aromatic heterocycles. The number of carbonyl (C=O) groups excluding carboxylic acids is 2. The van der Waals surface area contributed by atoms with Crippen LogP contribution < -0.4 is 4.90 Å². The number of hydrogen-bond donors (Lipinski definition) is 0. The molecule has 0 radical (unpaired) electrons. The van der Waals surface area contributed by atoms with Crippen molar-refractivity contribution in [3.8, 4) is 0 Å². The van der Waals surface area contributed by atoms with Crippen molar-refractivity contribution in [2.45, 2.75) is 19.3 Å². The zero-order valence-electron chi connectivity index (χ0n) is 15.1. The molecule has 1 heterocycles. The standard InChI is InChI=1S/C20H19FN2O5/c21-16-7-4-14(5-8-16)19(24)13-28-20(25)15-6-9-17(18(12-15)23(26)27)22-10-2-1-3-11-22/h4-9,12H,1-3,10-11,13H2. The van der Waals surface area contributed by atoms with Gasteiger partial charge in [-0.2, -0.15) is 0 Å². The van der Waals surface area contributed by atoms with Gasteiger partial charge < -0.3 is 9.64 Å². The number of ether oxygens (including phenoxy) is 1. The second-order valence-electron chi connectivity index (χ2n) is 6.51. The van der Waals surface area contributed by atoms with E-state index in [2.05, 4.69) is 0 Å². The monoisotopic (exact) mass is 386 g/mol. The summed E-state index contributed by atoms with van der Waals surface area (Å²) in [6, 6.07) is 9.04. The predicted molar refractivity (Wildman–Crippen MR) is 100 cm³/mol. The van der Waals surface area contributed by atoms with Crippen molar-refractivity contribution in [1.82, 2.24) is 0 Å². The number of rotatable bonds is 6. The number of benzene rings is 2. The molecule has 1 fully saturated rings. The molecule has 0 spiro atoms. The van der Waals surface area contributed by atoms with E-state index in [1.54, 1.807) is 6.07 Å². The van der Waals surface area contributed by atoms with Gasteiger partial charge >= 0.3 is 5.97 Å². The van der Waals surface area contributed by atoms with E-state index in [0.29, 0.717) is 5.69 Å². The summed E-state index contributed by atoms with van der Waals surface area (Å²) in [5.74, 6) is -1.80. The van der Waals surface area contributed by atoms with Gasteiger partial charge in [-0.3, -0.25) is 14.9 Å². The van der Waals surface area contributed by atoms with Crippen LogP contribution in [0.4, 0.5) is 15.8 Å². The highest BCUT2D eigenvalue weighted by atomic mass is 19.1. The molecule has 0 bridgehead atoms. The van der Waals surface area contributed by atoms with Crippen LogP contribution in [0.3, 0.4) is 0 Å². The summed E-state index contributed by atoms with van der Waals surface area (Å²) in [6.45, 7) is 0.930. The van der Waals surface area contributed by atoms with Crippen LogP contribution in [0, 0.1) is 15.9 Å².